The summed E-state index contributed by atoms with van der Waals surface area (Å²) in [6.07, 6.45) is 2.00. The second-order valence-electron chi connectivity index (χ2n) is 2.72. The molecule has 0 atom stereocenters. The van der Waals surface area contributed by atoms with Gasteiger partial charge in [0.15, 0.2) is 0 Å². The molecule has 0 saturated carbocycles. The summed E-state index contributed by atoms with van der Waals surface area (Å²) in [5.74, 6) is 1.88. The molecule has 0 unspecified atom stereocenters. The van der Waals surface area contributed by atoms with Crippen LogP contribution in [0.4, 0.5) is 0 Å². The van der Waals surface area contributed by atoms with Crippen molar-refractivity contribution in [2.75, 3.05) is 18.6 Å². The molecule has 0 aliphatic carbocycles. The largest absolute Gasteiger partial charge is 0.860 e. The number of ether oxygens (including phenoxy) is 1. The van der Waals surface area contributed by atoms with Crippen LogP contribution in [0.1, 0.15) is 0 Å². The van der Waals surface area contributed by atoms with Crippen molar-refractivity contribution in [3.8, 4) is 11.5 Å². The number of rotatable bonds is 6. The number of hydrogen-bond donors (Lipinski definition) is 0. The van der Waals surface area contributed by atoms with Crippen molar-refractivity contribution < 1.29 is 19.4 Å². The lowest BCUT2D eigenvalue weighted by molar-refractivity contribution is -0.372. The Morgan fingerprint density at radius 1 is 1.20 bits per heavy atom. The zero-order valence-corrected chi connectivity index (χ0v) is 9.16. The third-order valence-electron chi connectivity index (χ3n) is 1.61. The quantitative estimate of drug-likeness (QED) is 0.483. The van der Waals surface area contributed by atoms with Crippen molar-refractivity contribution in [3.05, 3.63) is 24.3 Å². The van der Waals surface area contributed by atoms with E-state index in [1.165, 1.54) is 12.1 Å². The third-order valence-corrected chi connectivity index (χ3v) is 2.19. The predicted molar refractivity (Wildman–Crippen MR) is 56.7 cm³/mol. The van der Waals surface area contributed by atoms with E-state index in [2.05, 4.69) is 4.65 Å². The molecule has 4 nitrogen and oxygen atoms in total. The van der Waals surface area contributed by atoms with E-state index in [0.29, 0.717) is 12.4 Å². The number of thioether (sulfide) groups is 1. The molecular formula is C9H11BO4S-2. The Hall–Kier alpha value is -0.845. The highest BCUT2D eigenvalue weighted by Gasteiger charge is 1.94. The molecule has 0 aliphatic heterocycles. The summed E-state index contributed by atoms with van der Waals surface area (Å²) in [5.41, 5.74) is 0. The van der Waals surface area contributed by atoms with E-state index in [0.717, 1.165) is 5.75 Å². The van der Waals surface area contributed by atoms with Gasteiger partial charge < -0.3 is 19.4 Å². The monoisotopic (exact) mass is 226 g/mol. The van der Waals surface area contributed by atoms with Crippen LogP contribution in [0.2, 0.25) is 0 Å². The first-order chi connectivity index (χ1) is 7.22. The van der Waals surface area contributed by atoms with Crippen LogP contribution < -0.4 is 19.4 Å². The van der Waals surface area contributed by atoms with Gasteiger partial charge >= 0.3 is 0 Å². The molecule has 0 spiro atoms. The fourth-order valence-corrected chi connectivity index (χ4v) is 1.22. The average Bonchev–Trinajstić information content (AvgIpc) is 2.20. The van der Waals surface area contributed by atoms with E-state index < -0.39 is 7.32 Å². The molecule has 0 bridgehead atoms. The van der Waals surface area contributed by atoms with Gasteiger partial charge in [0.2, 0.25) is 0 Å². The van der Waals surface area contributed by atoms with Crippen molar-refractivity contribution in [1.29, 1.82) is 0 Å². The maximum absolute atomic E-state index is 10.2. The van der Waals surface area contributed by atoms with Crippen LogP contribution in [0, 0.1) is 0 Å². The van der Waals surface area contributed by atoms with E-state index in [1.807, 2.05) is 6.26 Å². The minimum Gasteiger partial charge on any atom is -0.860 e. The van der Waals surface area contributed by atoms with Crippen LogP contribution in [-0.4, -0.2) is 25.9 Å². The van der Waals surface area contributed by atoms with Crippen LogP contribution in [0.15, 0.2) is 24.3 Å². The number of benzene rings is 1. The van der Waals surface area contributed by atoms with E-state index in [4.69, 9.17) is 4.74 Å². The molecule has 0 radical (unpaired) electrons. The van der Waals surface area contributed by atoms with Crippen LogP contribution in [0.5, 0.6) is 11.5 Å². The number of hydrogen-bond acceptors (Lipinski definition) is 5. The Morgan fingerprint density at radius 3 is 2.33 bits per heavy atom. The molecule has 0 saturated heterocycles. The topological polar surface area (TPSA) is 64.6 Å². The molecule has 0 N–H and O–H groups in total. The first kappa shape index (κ1) is 12.2. The second kappa shape index (κ2) is 6.60. The predicted octanol–water partition coefficient (Wildman–Crippen LogP) is -0.487. The van der Waals surface area contributed by atoms with Crippen molar-refractivity contribution >= 4 is 19.1 Å². The van der Waals surface area contributed by atoms with Crippen molar-refractivity contribution in [2.24, 2.45) is 0 Å². The summed E-state index contributed by atoms with van der Waals surface area (Å²) in [7, 11) is -2.28. The van der Waals surface area contributed by atoms with Gasteiger partial charge in [0.25, 0.3) is 0 Å². The summed E-state index contributed by atoms with van der Waals surface area (Å²) in [4.78, 5) is 0. The van der Waals surface area contributed by atoms with Gasteiger partial charge in [-0.3, -0.25) is 0 Å². The molecule has 1 rings (SSSR count). The molecule has 0 aliphatic rings. The zero-order chi connectivity index (χ0) is 11.1. The SMILES string of the molecule is CSCCOc1ccc(OB([O-])[O-])cc1. The first-order valence-corrected chi connectivity index (χ1v) is 5.82. The third kappa shape index (κ3) is 4.97. The van der Waals surface area contributed by atoms with E-state index in [-0.39, 0.29) is 5.75 Å². The maximum atomic E-state index is 10.2. The van der Waals surface area contributed by atoms with E-state index >= 15 is 0 Å². The molecule has 0 amide bonds. The fraction of sp³-hybridized carbons (Fsp3) is 0.333. The summed E-state index contributed by atoms with van der Waals surface area (Å²) in [5, 5.41) is 20.4. The highest BCUT2D eigenvalue weighted by molar-refractivity contribution is 7.98. The van der Waals surface area contributed by atoms with Crippen LogP contribution in [0.25, 0.3) is 0 Å². The van der Waals surface area contributed by atoms with Gasteiger partial charge in [0, 0.05) is 5.75 Å². The van der Waals surface area contributed by atoms with Gasteiger partial charge in [0.1, 0.15) is 13.1 Å². The summed E-state index contributed by atoms with van der Waals surface area (Å²) >= 11 is 1.70. The Kier molecular flexibility index (Phi) is 5.38. The lowest BCUT2D eigenvalue weighted by Gasteiger charge is -2.26. The molecule has 0 heterocycles. The molecular weight excluding hydrogens is 215 g/mol. The molecule has 1 aromatic rings. The van der Waals surface area contributed by atoms with Crippen molar-refractivity contribution in [1.82, 2.24) is 0 Å². The Balaban J connectivity index is 2.42. The van der Waals surface area contributed by atoms with Gasteiger partial charge in [-0.05, 0) is 30.5 Å². The lowest BCUT2D eigenvalue weighted by atomic mass is 10.2. The van der Waals surface area contributed by atoms with Gasteiger partial charge in [-0.15, -0.1) is 0 Å². The van der Waals surface area contributed by atoms with E-state index in [1.54, 1.807) is 23.9 Å². The zero-order valence-electron chi connectivity index (χ0n) is 8.34. The van der Waals surface area contributed by atoms with Gasteiger partial charge in [-0.25, -0.2) is 0 Å². The van der Waals surface area contributed by atoms with Crippen LogP contribution in [-0.2, 0) is 0 Å². The van der Waals surface area contributed by atoms with Crippen LogP contribution in [0.3, 0.4) is 0 Å². The van der Waals surface area contributed by atoms with E-state index in [9.17, 15) is 10.0 Å². The highest BCUT2D eigenvalue weighted by Crippen LogP contribution is 2.17. The fourth-order valence-electron chi connectivity index (χ4n) is 0.968. The first-order valence-electron chi connectivity index (χ1n) is 4.42. The summed E-state index contributed by atoms with van der Waals surface area (Å²) < 4.78 is 9.80. The normalized spacial score (nSPS) is 9.80. The van der Waals surface area contributed by atoms with Crippen LogP contribution >= 0.6 is 11.8 Å². The highest BCUT2D eigenvalue weighted by atomic mass is 32.2. The molecule has 0 fully saturated rings. The molecule has 0 aromatic heterocycles. The lowest BCUT2D eigenvalue weighted by Crippen LogP contribution is -2.50. The maximum Gasteiger partial charge on any atom is 0.133 e. The smallest absolute Gasteiger partial charge is 0.133 e. The second-order valence-corrected chi connectivity index (χ2v) is 3.70. The standard InChI is InChI=1S/C9H11BO4S/c1-15-7-6-13-8-2-4-9(5-3-8)14-10(11)12/h2-5H,6-7H2,1H3/q-2. The Morgan fingerprint density at radius 2 is 1.80 bits per heavy atom. The minimum atomic E-state index is -2.28. The molecule has 15 heavy (non-hydrogen) atoms. The average molecular weight is 226 g/mol. The van der Waals surface area contributed by atoms with Crippen molar-refractivity contribution in [3.63, 3.8) is 0 Å². The molecule has 82 valence electrons. The molecule has 1 aromatic carbocycles. The molecule has 6 heteroatoms. The van der Waals surface area contributed by atoms with Gasteiger partial charge in [-0.2, -0.15) is 11.8 Å². The Bertz CT molecular complexity index is 278. The van der Waals surface area contributed by atoms with Gasteiger partial charge in [-0.1, -0.05) is 0 Å². The van der Waals surface area contributed by atoms with Gasteiger partial charge in [0.05, 0.1) is 12.4 Å². The van der Waals surface area contributed by atoms with Crippen molar-refractivity contribution in [2.45, 2.75) is 0 Å². The summed E-state index contributed by atoms with van der Waals surface area (Å²) in [6.45, 7) is 0.632. The Labute approximate surface area is 93.4 Å². The summed E-state index contributed by atoms with van der Waals surface area (Å²) in [6, 6.07) is 6.41. The minimum absolute atomic E-state index is 0.266.